The third-order valence-electron chi connectivity index (χ3n) is 4.62. The van der Waals surface area contributed by atoms with Gasteiger partial charge in [0, 0.05) is 24.7 Å². The first-order chi connectivity index (χ1) is 14.8. The van der Waals surface area contributed by atoms with Crippen molar-refractivity contribution in [3.63, 3.8) is 0 Å². The molecule has 0 bridgehead atoms. The van der Waals surface area contributed by atoms with Crippen molar-refractivity contribution in [1.82, 2.24) is 0 Å². The molecule has 1 amide bonds. The molecule has 0 saturated heterocycles. The number of ether oxygens (including phenoxy) is 2. The minimum Gasteiger partial charge on any atom is -0.495 e. The van der Waals surface area contributed by atoms with Crippen LogP contribution in [0.1, 0.15) is 10.4 Å². The smallest absolute Gasteiger partial charge is 0.264 e. The Balaban J connectivity index is 1.81. The molecule has 0 spiro atoms. The largest absolute Gasteiger partial charge is 0.495 e. The van der Waals surface area contributed by atoms with E-state index < -0.39 is 15.9 Å². The van der Waals surface area contributed by atoms with Crippen LogP contribution in [0.25, 0.3) is 0 Å². The van der Waals surface area contributed by atoms with E-state index in [4.69, 9.17) is 21.1 Å². The van der Waals surface area contributed by atoms with Crippen LogP contribution in [0.4, 0.5) is 11.4 Å². The Hall–Kier alpha value is -3.23. The first kappa shape index (κ1) is 22.5. The van der Waals surface area contributed by atoms with Gasteiger partial charge in [-0.2, -0.15) is 0 Å². The van der Waals surface area contributed by atoms with Crippen LogP contribution in [0, 0.1) is 0 Å². The molecule has 0 aliphatic rings. The Morgan fingerprint density at radius 3 is 2.13 bits per heavy atom. The van der Waals surface area contributed by atoms with Crippen molar-refractivity contribution in [2.75, 3.05) is 30.9 Å². The van der Waals surface area contributed by atoms with Crippen LogP contribution in [0.5, 0.6) is 11.5 Å². The minimum absolute atomic E-state index is 0.183. The second-order valence-corrected chi connectivity index (χ2v) is 8.85. The highest BCUT2D eigenvalue weighted by Gasteiger charge is 2.21. The number of sulfonamides is 1. The third kappa shape index (κ3) is 4.76. The molecule has 0 saturated carbocycles. The van der Waals surface area contributed by atoms with Crippen molar-refractivity contribution >= 4 is 38.9 Å². The molecule has 3 aromatic carbocycles. The Bertz CT molecular complexity index is 1180. The highest BCUT2D eigenvalue weighted by atomic mass is 35.5. The van der Waals surface area contributed by atoms with E-state index in [1.165, 1.54) is 33.4 Å². The van der Waals surface area contributed by atoms with E-state index in [9.17, 15) is 13.2 Å². The molecule has 0 atom stereocenters. The first-order valence-electron chi connectivity index (χ1n) is 9.15. The molecule has 7 nitrogen and oxygen atoms in total. The van der Waals surface area contributed by atoms with E-state index in [1.807, 2.05) is 0 Å². The molecule has 162 valence electrons. The van der Waals surface area contributed by atoms with Crippen LogP contribution in [-0.4, -0.2) is 35.6 Å². The fourth-order valence-corrected chi connectivity index (χ4v) is 4.31. The molecule has 0 aliphatic heterocycles. The summed E-state index contributed by atoms with van der Waals surface area (Å²) in [5.74, 6) is 0.369. The molecule has 0 aromatic heterocycles. The van der Waals surface area contributed by atoms with Gasteiger partial charge in [-0.3, -0.25) is 9.10 Å². The lowest BCUT2D eigenvalue weighted by Crippen LogP contribution is -2.26. The summed E-state index contributed by atoms with van der Waals surface area (Å²) in [6.07, 6.45) is 0. The predicted molar refractivity (Wildman–Crippen MR) is 121 cm³/mol. The lowest BCUT2D eigenvalue weighted by molar-refractivity contribution is 0.102. The Labute approximate surface area is 186 Å². The summed E-state index contributed by atoms with van der Waals surface area (Å²) in [5, 5.41) is 3.10. The van der Waals surface area contributed by atoms with Gasteiger partial charge in [0.25, 0.3) is 15.9 Å². The number of rotatable bonds is 7. The molecule has 0 fully saturated rings. The van der Waals surface area contributed by atoms with Crippen LogP contribution in [0.15, 0.2) is 71.6 Å². The van der Waals surface area contributed by atoms with Gasteiger partial charge in [0.2, 0.25) is 0 Å². The van der Waals surface area contributed by atoms with Crippen molar-refractivity contribution in [1.29, 1.82) is 0 Å². The maximum atomic E-state index is 12.8. The number of methoxy groups -OCH3 is 2. The molecule has 0 heterocycles. The van der Waals surface area contributed by atoms with Gasteiger partial charge in [-0.05, 0) is 36.4 Å². The first-order valence-corrected chi connectivity index (χ1v) is 11.0. The van der Waals surface area contributed by atoms with Crippen LogP contribution in [0.2, 0.25) is 5.02 Å². The summed E-state index contributed by atoms with van der Waals surface area (Å²) in [6.45, 7) is 0. The van der Waals surface area contributed by atoms with Crippen LogP contribution < -0.4 is 19.1 Å². The minimum atomic E-state index is -3.70. The van der Waals surface area contributed by atoms with E-state index in [0.717, 1.165) is 4.31 Å². The van der Waals surface area contributed by atoms with Gasteiger partial charge in [0.1, 0.15) is 11.5 Å². The lowest BCUT2D eigenvalue weighted by Gasteiger charge is -2.20. The average molecular weight is 461 g/mol. The van der Waals surface area contributed by atoms with Gasteiger partial charge >= 0.3 is 0 Å². The third-order valence-corrected chi connectivity index (χ3v) is 6.71. The zero-order chi connectivity index (χ0) is 22.6. The fraction of sp³-hybridized carbons (Fsp3) is 0.136. The number of anilines is 2. The molecule has 3 aromatic rings. The number of carbonyl (C=O) groups is 1. The molecule has 0 unspecified atom stereocenters. The monoisotopic (exact) mass is 460 g/mol. The van der Waals surface area contributed by atoms with Crippen LogP contribution >= 0.6 is 11.6 Å². The summed E-state index contributed by atoms with van der Waals surface area (Å²) < 4.78 is 37.1. The quantitative estimate of drug-likeness (QED) is 0.563. The summed E-state index contributed by atoms with van der Waals surface area (Å²) >= 11 is 6.09. The summed E-state index contributed by atoms with van der Waals surface area (Å²) in [5.41, 5.74) is 1.15. The second-order valence-electron chi connectivity index (χ2n) is 6.47. The molecule has 31 heavy (non-hydrogen) atoms. The maximum absolute atomic E-state index is 12.8. The molecule has 9 heteroatoms. The lowest BCUT2D eigenvalue weighted by atomic mass is 10.2. The molecular formula is C22H21ClN2O5S. The van der Waals surface area contributed by atoms with Crippen LogP contribution in [-0.2, 0) is 10.0 Å². The predicted octanol–water partition coefficient (Wildman–Crippen LogP) is 4.43. The van der Waals surface area contributed by atoms with Crippen molar-refractivity contribution in [3.05, 3.63) is 77.3 Å². The van der Waals surface area contributed by atoms with E-state index in [-0.39, 0.29) is 4.90 Å². The number of benzene rings is 3. The van der Waals surface area contributed by atoms with E-state index in [2.05, 4.69) is 5.32 Å². The molecule has 0 aliphatic carbocycles. The fourth-order valence-electron chi connectivity index (χ4n) is 2.86. The zero-order valence-electron chi connectivity index (χ0n) is 17.1. The number of hydrogen-bond donors (Lipinski definition) is 1. The molecular weight excluding hydrogens is 440 g/mol. The molecule has 3 rings (SSSR count). The van der Waals surface area contributed by atoms with Crippen molar-refractivity contribution in [2.45, 2.75) is 4.90 Å². The number of carbonyl (C=O) groups excluding carboxylic acids is 1. The maximum Gasteiger partial charge on any atom is 0.264 e. The number of hydrogen-bond acceptors (Lipinski definition) is 5. The summed E-state index contributed by atoms with van der Waals surface area (Å²) in [6, 6.07) is 17.5. The summed E-state index contributed by atoms with van der Waals surface area (Å²) in [4.78, 5) is 12.9. The standard InChI is InChI=1S/C22H21ClN2O5S/c1-25(31(27,28)17-7-5-4-6-8-17)16-11-9-15(10-12-16)22(26)24-19-14-20(29-2)18(23)13-21(19)30-3/h4-14H,1-3H3,(H,24,26). The van der Waals surface area contributed by atoms with Crippen LogP contribution in [0.3, 0.4) is 0 Å². The Morgan fingerprint density at radius 1 is 0.935 bits per heavy atom. The van der Waals surface area contributed by atoms with Crippen molar-refractivity contribution < 1.29 is 22.7 Å². The Kier molecular flexibility index (Phi) is 6.72. The highest BCUT2D eigenvalue weighted by molar-refractivity contribution is 7.92. The van der Waals surface area contributed by atoms with Gasteiger partial charge in [0.15, 0.2) is 0 Å². The summed E-state index contributed by atoms with van der Waals surface area (Å²) in [7, 11) is 0.690. The number of halogens is 1. The average Bonchev–Trinajstić information content (AvgIpc) is 2.80. The SMILES string of the molecule is COc1cc(NC(=O)c2ccc(N(C)S(=O)(=O)c3ccccc3)cc2)c(OC)cc1Cl. The number of nitrogens with one attached hydrogen (secondary N) is 1. The van der Waals surface area contributed by atoms with Gasteiger partial charge in [0.05, 0.1) is 35.5 Å². The van der Waals surface area contributed by atoms with Crippen molar-refractivity contribution in [3.8, 4) is 11.5 Å². The second kappa shape index (κ2) is 9.28. The topological polar surface area (TPSA) is 84.9 Å². The van der Waals surface area contributed by atoms with E-state index in [1.54, 1.807) is 54.6 Å². The van der Waals surface area contributed by atoms with E-state index in [0.29, 0.717) is 33.5 Å². The molecule has 0 radical (unpaired) electrons. The van der Waals surface area contributed by atoms with E-state index >= 15 is 0 Å². The molecule has 1 N–H and O–H groups in total. The van der Waals surface area contributed by atoms with Gasteiger partial charge in [-0.1, -0.05) is 29.8 Å². The number of amides is 1. The van der Waals surface area contributed by atoms with Gasteiger partial charge < -0.3 is 14.8 Å². The highest BCUT2D eigenvalue weighted by Crippen LogP contribution is 2.36. The van der Waals surface area contributed by atoms with Crippen molar-refractivity contribution in [2.24, 2.45) is 0 Å². The van der Waals surface area contributed by atoms with Gasteiger partial charge in [-0.25, -0.2) is 8.42 Å². The Morgan fingerprint density at radius 2 is 1.55 bits per heavy atom. The zero-order valence-corrected chi connectivity index (χ0v) is 18.7. The number of nitrogens with zero attached hydrogens (tertiary/aromatic N) is 1. The normalized spacial score (nSPS) is 11.0. The van der Waals surface area contributed by atoms with Gasteiger partial charge in [-0.15, -0.1) is 0 Å².